The van der Waals surface area contributed by atoms with E-state index in [9.17, 15) is 4.79 Å². The van der Waals surface area contributed by atoms with Crippen molar-refractivity contribution in [3.63, 3.8) is 0 Å². The van der Waals surface area contributed by atoms with E-state index in [1.54, 1.807) is 12.1 Å². The van der Waals surface area contributed by atoms with E-state index in [1.807, 2.05) is 43.3 Å². The molecule has 0 unspecified atom stereocenters. The number of nitrogens with one attached hydrogen (secondary N) is 1. The van der Waals surface area contributed by atoms with Gasteiger partial charge in [-0.1, -0.05) is 34.1 Å². The topological polar surface area (TPSA) is 38.3 Å². The van der Waals surface area contributed by atoms with Gasteiger partial charge in [0, 0.05) is 10.2 Å². The lowest BCUT2D eigenvalue weighted by atomic mass is 10.2. The molecule has 0 aliphatic heterocycles. The summed E-state index contributed by atoms with van der Waals surface area (Å²) < 4.78 is 6.13. The van der Waals surface area contributed by atoms with Gasteiger partial charge in [-0.15, -0.1) is 0 Å². The molecule has 3 nitrogen and oxygen atoms in total. The number of hydrogen-bond donors (Lipinski definition) is 1. The fraction of sp³-hybridized carbons (Fsp3) is 0.0714. The minimum atomic E-state index is -0.497. The van der Waals surface area contributed by atoms with Gasteiger partial charge in [0.25, 0.3) is 0 Å². The maximum absolute atomic E-state index is 11.6. The molecule has 0 aliphatic rings. The van der Waals surface area contributed by atoms with Crippen molar-refractivity contribution in [2.24, 2.45) is 0 Å². The predicted octanol–water partition coefficient (Wildman–Crippen LogP) is 4.37. The van der Waals surface area contributed by atoms with Crippen LogP contribution in [0.5, 0.6) is 5.75 Å². The highest BCUT2D eigenvalue weighted by atomic mass is 79.9. The second-order valence-corrected chi connectivity index (χ2v) is 4.65. The number of halogens is 1. The molecule has 0 saturated carbocycles. The van der Waals surface area contributed by atoms with Crippen LogP contribution in [0.15, 0.2) is 53.0 Å². The van der Waals surface area contributed by atoms with E-state index in [0.717, 1.165) is 10.0 Å². The number of carbonyl (C=O) groups excluding carboxylic acids is 1. The number of rotatable bonds is 2. The third kappa shape index (κ3) is 3.34. The Hall–Kier alpha value is -1.81. The van der Waals surface area contributed by atoms with Crippen molar-refractivity contribution >= 4 is 27.7 Å². The second kappa shape index (κ2) is 5.69. The zero-order valence-electron chi connectivity index (χ0n) is 9.81. The van der Waals surface area contributed by atoms with Gasteiger partial charge in [0.1, 0.15) is 5.75 Å². The van der Waals surface area contributed by atoms with Crippen molar-refractivity contribution in [1.82, 2.24) is 0 Å². The van der Waals surface area contributed by atoms with Crippen LogP contribution in [-0.2, 0) is 0 Å². The van der Waals surface area contributed by atoms with Crippen LogP contribution in [0, 0.1) is 6.92 Å². The van der Waals surface area contributed by atoms with Gasteiger partial charge in [0.05, 0.1) is 0 Å². The lowest BCUT2D eigenvalue weighted by Crippen LogP contribution is -2.16. The smallest absolute Gasteiger partial charge is 0.410 e. The molecule has 92 valence electrons. The molecule has 0 aliphatic carbocycles. The third-order valence-electron chi connectivity index (χ3n) is 2.36. The summed E-state index contributed by atoms with van der Waals surface area (Å²) in [7, 11) is 0. The Kier molecular flexibility index (Phi) is 3.99. The summed E-state index contributed by atoms with van der Waals surface area (Å²) >= 11 is 3.41. The summed E-state index contributed by atoms with van der Waals surface area (Å²) in [6.07, 6.45) is -0.497. The van der Waals surface area contributed by atoms with E-state index in [1.165, 1.54) is 0 Å². The number of anilines is 1. The molecule has 2 aromatic carbocycles. The van der Waals surface area contributed by atoms with Crippen LogP contribution in [0.2, 0.25) is 0 Å². The van der Waals surface area contributed by atoms with Crippen molar-refractivity contribution < 1.29 is 9.53 Å². The van der Waals surface area contributed by atoms with Crippen LogP contribution in [0.3, 0.4) is 0 Å². The molecule has 0 radical (unpaired) electrons. The highest BCUT2D eigenvalue weighted by molar-refractivity contribution is 9.10. The molecule has 18 heavy (non-hydrogen) atoms. The monoisotopic (exact) mass is 305 g/mol. The first-order chi connectivity index (χ1) is 8.65. The van der Waals surface area contributed by atoms with Crippen molar-refractivity contribution in [2.45, 2.75) is 6.92 Å². The number of para-hydroxylation sites is 1. The van der Waals surface area contributed by atoms with Crippen LogP contribution < -0.4 is 10.1 Å². The normalized spacial score (nSPS) is 9.89. The second-order valence-electron chi connectivity index (χ2n) is 3.79. The fourth-order valence-corrected chi connectivity index (χ4v) is 1.71. The molecule has 2 rings (SSSR count). The Morgan fingerprint density at radius 2 is 1.89 bits per heavy atom. The molecule has 0 bridgehead atoms. The predicted molar refractivity (Wildman–Crippen MR) is 75.0 cm³/mol. The van der Waals surface area contributed by atoms with E-state index in [4.69, 9.17) is 4.74 Å². The summed E-state index contributed by atoms with van der Waals surface area (Å²) in [5.74, 6) is 0.517. The molecule has 2 aromatic rings. The summed E-state index contributed by atoms with van der Waals surface area (Å²) in [6.45, 7) is 1.96. The van der Waals surface area contributed by atoms with Gasteiger partial charge in [-0.05, 0) is 42.8 Å². The zero-order valence-corrected chi connectivity index (χ0v) is 11.4. The van der Waals surface area contributed by atoms with Crippen molar-refractivity contribution in [3.05, 3.63) is 58.6 Å². The number of carbonyl (C=O) groups is 1. The van der Waals surface area contributed by atoms with Crippen molar-refractivity contribution in [1.29, 1.82) is 0 Å². The lowest BCUT2D eigenvalue weighted by molar-refractivity contribution is 0.215. The maximum Gasteiger partial charge on any atom is 0.417 e. The largest absolute Gasteiger partial charge is 0.417 e. The van der Waals surface area contributed by atoms with E-state index in [0.29, 0.717) is 11.4 Å². The van der Waals surface area contributed by atoms with Crippen LogP contribution in [0.4, 0.5) is 10.5 Å². The SMILES string of the molecule is Cc1cc(NC(=O)Oc2ccccc2)ccc1Br. The average Bonchev–Trinajstić information content (AvgIpc) is 2.35. The Morgan fingerprint density at radius 1 is 1.17 bits per heavy atom. The van der Waals surface area contributed by atoms with Crippen LogP contribution >= 0.6 is 15.9 Å². The zero-order chi connectivity index (χ0) is 13.0. The molecule has 1 amide bonds. The average molecular weight is 306 g/mol. The maximum atomic E-state index is 11.6. The number of ether oxygens (including phenoxy) is 1. The highest BCUT2D eigenvalue weighted by Gasteiger charge is 2.05. The van der Waals surface area contributed by atoms with Gasteiger partial charge >= 0.3 is 6.09 Å². The number of amides is 1. The van der Waals surface area contributed by atoms with Crippen LogP contribution in [0.25, 0.3) is 0 Å². The van der Waals surface area contributed by atoms with E-state index >= 15 is 0 Å². The minimum absolute atomic E-state index is 0.497. The third-order valence-corrected chi connectivity index (χ3v) is 3.25. The summed E-state index contributed by atoms with van der Waals surface area (Å²) in [5, 5.41) is 2.68. The Morgan fingerprint density at radius 3 is 2.56 bits per heavy atom. The first kappa shape index (κ1) is 12.6. The van der Waals surface area contributed by atoms with Crippen LogP contribution in [0.1, 0.15) is 5.56 Å². The molecule has 0 aromatic heterocycles. The first-order valence-corrected chi connectivity index (χ1v) is 6.24. The Balaban J connectivity index is 2.01. The molecule has 4 heteroatoms. The van der Waals surface area contributed by atoms with E-state index < -0.39 is 6.09 Å². The number of benzene rings is 2. The minimum Gasteiger partial charge on any atom is -0.410 e. The molecular weight excluding hydrogens is 294 g/mol. The lowest BCUT2D eigenvalue weighted by Gasteiger charge is -2.07. The van der Waals surface area contributed by atoms with Gasteiger partial charge in [0.15, 0.2) is 0 Å². The van der Waals surface area contributed by atoms with Crippen molar-refractivity contribution in [3.8, 4) is 5.75 Å². The fourth-order valence-electron chi connectivity index (χ4n) is 1.46. The summed E-state index contributed by atoms with van der Waals surface area (Å²) in [5.41, 5.74) is 1.75. The molecular formula is C14H12BrNO2. The van der Waals surface area contributed by atoms with Crippen molar-refractivity contribution in [2.75, 3.05) is 5.32 Å². The number of aryl methyl sites for hydroxylation is 1. The molecule has 0 spiro atoms. The number of hydrogen-bond acceptors (Lipinski definition) is 2. The van der Waals surface area contributed by atoms with Gasteiger partial charge in [-0.3, -0.25) is 5.32 Å². The van der Waals surface area contributed by atoms with Gasteiger partial charge in [-0.25, -0.2) is 4.79 Å². The molecule has 1 N–H and O–H groups in total. The van der Waals surface area contributed by atoms with Gasteiger partial charge in [0.2, 0.25) is 0 Å². The highest BCUT2D eigenvalue weighted by Crippen LogP contribution is 2.20. The molecule has 0 atom stereocenters. The Bertz CT molecular complexity index is 555. The molecule has 0 fully saturated rings. The Labute approximate surface area is 114 Å². The summed E-state index contributed by atoms with van der Waals surface area (Å²) in [4.78, 5) is 11.6. The summed E-state index contributed by atoms with van der Waals surface area (Å²) in [6, 6.07) is 14.5. The molecule has 0 heterocycles. The van der Waals surface area contributed by atoms with E-state index in [-0.39, 0.29) is 0 Å². The van der Waals surface area contributed by atoms with Gasteiger partial charge < -0.3 is 4.74 Å². The standard InChI is InChI=1S/C14H12BrNO2/c1-10-9-11(7-8-13(10)15)16-14(17)18-12-5-3-2-4-6-12/h2-9H,1H3,(H,16,17). The first-order valence-electron chi connectivity index (χ1n) is 5.45. The molecule has 0 saturated heterocycles. The van der Waals surface area contributed by atoms with Gasteiger partial charge in [-0.2, -0.15) is 0 Å². The van der Waals surface area contributed by atoms with E-state index in [2.05, 4.69) is 21.2 Å². The quantitative estimate of drug-likeness (QED) is 0.895. The van der Waals surface area contributed by atoms with Crippen LogP contribution in [-0.4, -0.2) is 6.09 Å².